The summed E-state index contributed by atoms with van der Waals surface area (Å²) in [5, 5.41) is 6.28. The van der Waals surface area contributed by atoms with Gasteiger partial charge in [-0.1, -0.05) is 18.7 Å². The third-order valence-corrected chi connectivity index (χ3v) is 4.92. The maximum Gasteiger partial charge on any atom is 0.433 e. The average Bonchev–Trinajstić information content (AvgIpc) is 2.71. The van der Waals surface area contributed by atoms with Crippen molar-refractivity contribution >= 4 is 33.5 Å². The molecule has 11 heteroatoms. The zero-order chi connectivity index (χ0) is 23.9. The summed E-state index contributed by atoms with van der Waals surface area (Å²) in [4.78, 5) is 15.7. The monoisotopic (exact) mass is 468 g/mol. The van der Waals surface area contributed by atoms with Gasteiger partial charge in [0.15, 0.2) is 0 Å². The Kier molecular flexibility index (Phi) is 8.03. The molecule has 0 atom stereocenters. The minimum Gasteiger partial charge on any atom is -0.367 e. The second-order valence-corrected chi connectivity index (χ2v) is 8.62. The topological polar surface area (TPSA) is 100 Å². The fourth-order valence-electron chi connectivity index (χ4n) is 2.46. The first kappa shape index (κ1) is 24.9. The van der Waals surface area contributed by atoms with E-state index in [-0.39, 0.29) is 18.4 Å². The van der Waals surface area contributed by atoms with Gasteiger partial charge < -0.3 is 10.6 Å². The van der Waals surface area contributed by atoms with Crippen LogP contribution in [0.4, 0.5) is 24.7 Å². The minimum atomic E-state index is -4.58. The summed E-state index contributed by atoms with van der Waals surface area (Å²) < 4.78 is 64.0. The summed E-state index contributed by atoms with van der Waals surface area (Å²) in [5.74, 6) is -0.437. The van der Waals surface area contributed by atoms with Gasteiger partial charge in [-0.15, -0.1) is 0 Å². The van der Waals surface area contributed by atoms with Crippen molar-refractivity contribution < 1.29 is 26.4 Å². The Hall–Kier alpha value is -3.34. The number of aromatic nitrogens is 1. The van der Waals surface area contributed by atoms with Crippen LogP contribution in [-0.4, -0.2) is 25.4 Å². The highest BCUT2D eigenvalue weighted by atomic mass is 32.2. The molecule has 0 saturated heterocycles. The van der Waals surface area contributed by atoms with E-state index in [1.807, 2.05) is 0 Å². The van der Waals surface area contributed by atoms with Crippen LogP contribution in [0.15, 0.2) is 54.5 Å². The number of carbonyl (C=O) groups is 1. The molecule has 0 aliphatic carbocycles. The molecule has 1 heterocycles. The van der Waals surface area contributed by atoms with E-state index in [1.165, 1.54) is 30.4 Å². The predicted molar refractivity (Wildman–Crippen MR) is 118 cm³/mol. The number of amides is 1. The molecule has 0 aliphatic rings. The zero-order valence-electron chi connectivity index (χ0n) is 17.4. The fraction of sp³-hybridized carbons (Fsp3) is 0.238. The molecule has 172 valence electrons. The second-order valence-electron chi connectivity index (χ2n) is 6.99. The van der Waals surface area contributed by atoms with E-state index in [4.69, 9.17) is 0 Å². The minimum absolute atomic E-state index is 0.0245. The van der Waals surface area contributed by atoms with Gasteiger partial charge in [0.2, 0.25) is 5.91 Å². The van der Waals surface area contributed by atoms with E-state index < -0.39 is 27.8 Å². The summed E-state index contributed by atoms with van der Waals surface area (Å²) in [6.07, 6.45) is -2.00. The Morgan fingerprint density at radius 3 is 2.38 bits per heavy atom. The van der Waals surface area contributed by atoms with Crippen LogP contribution in [0.1, 0.15) is 30.7 Å². The number of pyridine rings is 1. The highest BCUT2D eigenvalue weighted by molar-refractivity contribution is 7.95. The third kappa shape index (κ3) is 7.73. The molecule has 1 aromatic heterocycles. The first-order chi connectivity index (χ1) is 14.9. The third-order valence-electron chi connectivity index (χ3n) is 3.96. The molecule has 2 rings (SSSR count). The SMILES string of the molecule is C=CS(=O)(=O)Nc1ccc(CNC(=O)/C=C\c2ccc(C(F)(F)F)nc2NC(C)C)cc1. The summed E-state index contributed by atoms with van der Waals surface area (Å²) >= 11 is 0. The van der Waals surface area contributed by atoms with Crippen molar-refractivity contribution in [3.05, 3.63) is 71.3 Å². The van der Waals surface area contributed by atoms with Gasteiger partial charge in [-0.25, -0.2) is 13.4 Å². The summed E-state index contributed by atoms with van der Waals surface area (Å²) in [6, 6.07) is 8.28. The van der Waals surface area contributed by atoms with Gasteiger partial charge in [0.1, 0.15) is 11.5 Å². The molecule has 0 spiro atoms. The number of hydrogen-bond acceptors (Lipinski definition) is 5. The number of rotatable bonds is 9. The molecule has 0 fully saturated rings. The van der Waals surface area contributed by atoms with Crippen LogP contribution in [-0.2, 0) is 27.5 Å². The first-order valence-corrected chi connectivity index (χ1v) is 11.0. The number of alkyl halides is 3. The Labute approximate surface area is 184 Å². The van der Waals surface area contributed by atoms with Crippen LogP contribution < -0.4 is 15.4 Å². The average molecular weight is 469 g/mol. The Morgan fingerprint density at radius 1 is 1.16 bits per heavy atom. The van der Waals surface area contributed by atoms with Crippen molar-refractivity contribution in [2.24, 2.45) is 0 Å². The van der Waals surface area contributed by atoms with Crippen LogP contribution in [0.25, 0.3) is 6.08 Å². The van der Waals surface area contributed by atoms with Crippen molar-refractivity contribution in [3.8, 4) is 0 Å². The molecule has 0 bridgehead atoms. The molecule has 1 aromatic carbocycles. The number of sulfonamides is 1. The van der Waals surface area contributed by atoms with Crippen LogP contribution in [0.3, 0.4) is 0 Å². The Balaban J connectivity index is 2.03. The van der Waals surface area contributed by atoms with Crippen LogP contribution in [0.2, 0.25) is 0 Å². The number of hydrogen-bond donors (Lipinski definition) is 3. The lowest BCUT2D eigenvalue weighted by molar-refractivity contribution is -0.141. The lowest BCUT2D eigenvalue weighted by Gasteiger charge is -2.14. The first-order valence-electron chi connectivity index (χ1n) is 9.44. The van der Waals surface area contributed by atoms with Crippen molar-refractivity contribution in [2.75, 3.05) is 10.0 Å². The molecule has 0 unspecified atom stereocenters. The number of benzene rings is 1. The van der Waals surface area contributed by atoms with Crippen molar-refractivity contribution in [1.82, 2.24) is 10.3 Å². The number of nitrogens with zero attached hydrogens (tertiary/aromatic N) is 1. The van der Waals surface area contributed by atoms with E-state index >= 15 is 0 Å². The van der Waals surface area contributed by atoms with E-state index in [2.05, 4.69) is 26.9 Å². The summed E-state index contributed by atoms with van der Waals surface area (Å²) in [6.45, 7) is 6.89. The number of anilines is 2. The molecular weight excluding hydrogens is 445 g/mol. The highest BCUT2D eigenvalue weighted by Crippen LogP contribution is 2.30. The van der Waals surface area contributed by atoms with E-state index in [0.29, 0.717) is 16.8 Å². The maximum absolute atomic E-state index is 12.9. The van der Waals surface area contributed by atoms with Gasteiger partial charge in [0.05, 0.1) is 0 Å². The summed E-state index contributed by atoms with van der Waals surface area (Å²) in [7, 11) is -3.60. The van der Waals surface area contributed by atoms with Crippen molar-refractivity contribution in [3.63, 3.8) is 0 Å². The molecule has 3 N–H and O–H groups in total. The Morgan fingerprint density at radius 2 is 1.81 bits per heavy atom. The van der Waals surface area contributed by atoms with Gasteiger partial charge >= 0.3 is 6.18 Å². The molecule has 0 aliphatic heterocycles. The molecule has 1 amide bonds. The lowest BCUT2D eigenvalue weighted by atomic mass is 10.2. The molecule has 0 radical (unpaired) electrons. The predicted octanol–water partition coefficient (Wildman–Crippen LogP) is 4.14. The summed E-state index contributed by atoms with van der Waals surface area (Å²) in [5.41, 5.74) is 0.369. The molecule has 0 saturated carbocycles. The van der Waals surface area contributed by atoms with Crippen molar-refractivity contribution in [2.45, 2.75) is 32.6 Å². The molecular formula is C21H23F3N4O3S. The maximum atomic E-state index is 12.9. The normalized spacial score (nSPS) is 12.1. The van der Waals surface area contributed by atoms with Crippen LogP contribution >= 0.6 is 0 Å². The van der Waals surface area contributed by atoms with Gasteiger partial charge in [0, 0.05) is 35.3 Å². The molecule has 32 heavy (non-hydrogen) atoms. The largest absolute Gasteiger partial charge is 0.433 e. The van der Waals surface area contributed by atoms with E-state index in [9.17, 15) is 26.4 Å². The van der Waals surface area contributed by atoms with Gasteiger partial charge in [-0.2, -0.15) is 13.2 Å². The van der Waals surface area contributed by atoms with Gasteiger partial charge in [-0.05, 0) is 49.8 Å². The lowest BCUT2D eigenvalue weighted by Crippen LogP contribution is -2.20. The number of halogens is 3. The number of nitrogens with one attached hydrogen (secondary N) is 3. The van der Waals surface area contributed by atoms with E-state index in [1.54, 1.807) is 26.0 Å². The fourth-order valence-corrected chi connectivity index (χ4v) is 3.01. The van der Waals surface area contributed by atoms with Crippen LogP contribution in [0, 0.1) is 0 Å². The molecule has 7 nitrogen and oxygen atoms in total. The highest BCUT2D eigenvalue weighted by Gasteiger charge is 2.33. The smallest absolute Gasteiger partial charge is 0.367 e. The van der Waals surface area contributed by atoms with Crippen LogP contribution in [0.5, 0.6) is 0 Å². The number of carbonyl (C=O) groups excluding carboxylic acids is 1. The quantitative estimate of drug-likeness (QED) is 0.481. The second kappa shape index (κ2) is 10.3. The molecule has 2 aromatic rings. The Bertz CT molecular complexity index is 1100. The standard InChI is InChI=1S/C21H23F3N4O3S/c1-4-32(30,31)28-17-9-5-15(6-10-17)13-25-19(29)12-8-16-7-11-18(21(22,23)24)27-20(16)26-14(2)3/h4-12,14,28H,1,13H2,2-3H3,(H,25,29)(H,26,27)/b12-8-. The van der Waals surface area contributed by atoms with Crippen molar-refractivity contribution in [1.29, 1.82) is 0 Å². The van der Waals surface area contributed by atoms with Gasteiger partial charge in [-0.3, -0.25) is 9.52 Å². The van der Waals surface area contributed by atoms with Gasteiger partial charge in [0.25, 0.3) is 10.0 Å². The zero-order valence-corrected chi connectivity index (χ0v) is 18.2. The van der Waals surface area contributed by atoms with E-state index in [0.717, 1.165) is 11.5 Å².